The van der Waals surface area contributed by atoms with Crippen LogP contribution in [0.5, 0.6) is 5.75 Å². The zero-order chi connectivity index (χ0) is 20.0. The molecule has 150 valence electrons. The zero-order valence-electron chi connectivity index (χ0n) is 16.4. The number of nitrogens with one attached hydrogen (secondary N) is 1. The van der Waals surface area contributed by atoms with Crippen LogP contribution in [0, 0.1) is 0 Å². The number of rotatable bonds is 13. The van der Waals surface area contributed by atoms with Crippen LogP contribution in [-0.2, 0) is 4.79 Å². The number of ether oxygens (including phenoxy) is 1. The van der Waals surface area contributed by atoms with Crippen LogP contribution >= 0.6 is 21.6 Å². The van der Waals surface area contributed by atoms with Crippen molar-refractivity contribution in [2.75, 3.05) is 19.4 Å². The lowest BCUT2D eigenvalue weighted by Crippen LogP contribution is -2.05. The molecule has 7 heteroatoms. The fourth-order valence-electron chi connectivity index (χ4n) is 2.44. The average molecular weight is 418 g/mol. The Bertz CT molecular complexity index is 737. The first-order valence-electron chi connectivity index (χ1n) is 9.35. The summed E-state index contributed by atoms with van der Waals surface area (Å²) in [6.45, 7) is 2.51. The summed E-state index contributed by atoms with van der Waals surface area (Å²) in [6.07, 6.45) is 4.65. The van der Waals surface area contributed by atoms with Crippen LogP contribution in [0.4, 0.5) is 0 Å². The van der Waals surface area contributed by atoms with E-state index >= 15 is 0 Å². The van der Waals surface area contributed by atoms with Gasteiger partial charge in [-0.3, -0.25) is 4.79 Å². The van der Waals surface area contributed by atoms with Gasteiger partial charge in [0.25, 0.3) is 0 Å². The van der Waals surface area contributed by atoms with Gasteiger partial charge in [0, 0.05) is 31.8 Å². The third-order valence-electron chi connectivity index (χ3n) is 3.89. The van der Waals surface area contributed by atoms with Gasteiger partial charge in [-0.25, -0.2) is 4.98 Å². The summed E-state index contributed by atoms with van der Waals surface area (Å²) >= 11 is 0. The molecule has 0 aliphatic rings. The van der Waals surface area contributed by atoms with Crippen LogP contribution < -0.4 is 10.2 Å². The number of aromatic nitrogens is 1. The van der Waals surface area contributed by atoms with E-state index < -0.39 is 0 Å². The Kier molecular flexibility index (Phi) is 10.5. The van der Waals surface area contributed by atoms with Crippen LogP contribution in [0.25, 0.3) is 0 Å². The summed E-state index contributed by atoms with van der Waals surface area (Å²) in [5.41, 5.74) is 4.76. The zero-order valence-corrected chi connectivity index (χ0v) is 18.0. The average Bonchev–Trinajstić information content (AvgIpc) is 2.72. The Morgan fingerprint density at radius 1 is 1.14 bits per heavy atom. The van der Waals surface area contributed by atoms with Crippen molar-refractivity contribution in [3.63, 3.8) is 0 Å². The molecule has 5 nitrogen and oxygen atoms in total. The fraction of sp³-hybridized carbons (Fsp3) is 0.381. The number of pyridine rings is 1. The second-order valence-corrected chi connectivity index (χ2v) is 8.55. The number of hydrogen-bond donors (Lipinski definition) is 1. The lowest BCUT2D eigenvalue weighted by atomic mass is 10.1. The molecule has 0 unspecified atom stereocenters. The summed E-state index contributed by atoms with van der Waals surface area (Å²) in [7, 11) is 5.18. The highest BCUT2D eigenvalue weighted by Gasteiger charge is 2.04. The van der Waals surface area contributed by atoms with Crippen molar-refractivity contribution in [1.29, 1.82) is 0 Å². The van der Waals surface area contributed by atoms with Gasteiger partial charge in [-0.05, 0) is 72.5 Å². The van der Waals surface area contributed by atoms with E-state index in [1.165, 1.54) is 0 Å². The Morgan fingerprint density at radius 3 is 2.64 bits per heavy atom. The van der Waals surface area contributed by atoms with Gasteiger partial charge in [0.1, 0.15) is 16.6 Å². The molecule has 0 radical (unpaired) electrons. The van der Waals surface area contributed by atoms with E-state index in [-0.39, 0.29) is 0 Å². The second-order valence-electron chi connectivity index (χ2n) is 6.11. The molecule has 0 spiro atoms. The largest absolute Gasteiger partial charge is 0.494 e. The number of carbonyl (C=O) groups is 1. The first-order chi connectivity index (χ1) is 13.7. The van der Waals surface area contributed by atoms with Gasteiger partial charge in [0.15, 0.2) is 0 Å². The molecular formula is C21H27N3O2S2. The first-order valence-corrected chi connectivity index (χ1v) is 11.7. The highest BCUT2D eigenvalue weighted by molar-refractivity contribution is 8.76. The minimum Gasteiger partial charge on any atom is -0.494 e. The molecule has 0 atom stereocenters. The molecule has 2 aromatic rings. The van der Waals surface area contributed by atoms with E-state index in [1.54, 1.807) is 34.8 Å². The summed E-state index contributed by atoms with van der Waals surface area (Å²) in [6, 6.07) is 13.7. The van der Waals surface area contributed by atoms with E-state index in [0.29, 0.717) is 25.2 Å². The van der Waals surface area contributed by atoms with Crippen molar-refractivity contribution in [3.8, 4) is 5.75 Å². The quantitative estimate of drug-likeness (QED) is 0.215. The third kappa shape index (κ3) is 8.80. The topological polar surface area (TPSA) is 63.6 Å². The van der Waals surface area contributed by atoms with Crippen LogP contribution in [-0.4, -0.2) is 35.9 Å². The number of carbonyl (C=O) groups excluding carboxylic acids is 1. The normalized spacial score (nSPS) is 11.3. The maximum Gasteiger partial charge on any atom is 0.133 e. The number of Topliss-reactive ketones (excluding diaryl/α,β-unsaturated/α-hetero) is 1. The number of ketones is 1. The molecule has 0 bridgehead atoms. The van der Waals surface area contributed by atoms with Crippen molar-refractivity contribution in [1.82, 2.24) is 10.4 Å². The number of benzene rings is 1. The van der Waals surface area contributed by atoms with Crippen molar-refractivity contribution in [2.24, 2.45) is 5.10 Å². The molecule has 0 aliphatic heterocycles. The van der Waals surface area contributed by atoms with Crippen LogP contribution in [0.1, 0.15) is 38.2 Å². The van der Waals surface area contributed by atoms with E-state index in [0.717, 1.165) is 40.6 Å². The molecule has 1 aromatic carbocycles. The minimum absolute atomic E-state index is 0.307. The molecule has 28 heavy (non-hydrogen) atoms. The summed E-state index contributed by atoms with van der Waals surface area (Å²) in [4.78, 5) is 16.2. The molecule has 0 aliphatic carbocycles. The predicted molar refractivity (Wildman–Crippen MR) is 119 cm³/mol. The Labute approximate surface area is 175 Å². The molecule has 0 saturated carbocycles. The highest BCUT2D eigenvalue weighted by atomic mass is 33.1. The predicted octanol–water partition coefficient (Wildman–Crippen LogP) is 4.97. The van der Waals surface area contributed by atoms with E-state index in [9.17, 15) is 4.79 Å². The van der Waals surface area contributed by atoms with Crippen LogP contribution in [0.15, 0.2) is 58.8 Å². The smallest absolute Gasteiger partial charge is 0.133 e. The van der Waals surface area contributed by atoms with Crippen molar-refractivity contribution in [3.05, 3.63) is 54.2 Å². The standard InChI is InChI=1S/C21H27N3O2S2/c1-17(24-22-2)18-10-12-20(13-11-18)26-15-5-7-19(25)8-6-16-27-28-21-9-3-4-14-23-21/h3-4,9-14,22H,5-8,15-16H2,1-2H3/b24-17+. The number of nitrogens with zero attached hydrogens (tertiary/aromatic N) is 2. The number of hydrazone groups is 1. The summed E-state index contributed by atoms with van der Waals surface area (Å²) in [5.74, 6) is 2.07. The van der Waals surface area contributed by atoms with E-state index in [2.05, 4.69) is 15.5 Å². The summed E-state index contributed by atoms with van der Waals surface area (Å²) in [5, 5.41) is 5.16. The first kappa shape index (κ1) is 22.3. The van der Waals surface area contributed by atoms with Gasteiger partial charge in [-0.15, -0.1) is 0 Å². The molecule has 1 heterocycles. The van der Waals surface area contributed by atoms with E-state index in [4.69, 9.17) is 4.74 Å². The minimum atomic E-state index is 0.307. The Hall–Kier alpha value is -1.99. The van der Waals surface area contributed by atoms with Gasteiger partial charge >= 0.3 is 0 Å². The third-order valence-corrected chi connectivity index (χ3v) is 6.24. The van der Waals surface area contributed by atoms with Gasteiger partial charge in [-0.2, -0.15) is 5.10 Å². The highest BCUT2D eigenvalue weighted by Crippen LogP contribution is 2.29. The lowest BCUT2D eigenvalue weighted by molar-refractivity contribution is -0.119. The molecule has 1 aromatic heterocycles. The van der Waals surface area contributed by atoms with Gasteiger partial charge in [-0.1, -0.05) is 16.9 Å². The molecule has 0 amide bonds. The number of hydrogen-bond acceptors (Lipinski definition) is 7. The maximum atomic E-state index is 12.0. The summed E-state index contributed by atoms with van der Waals surface area (Å²) < 4.78 is 5.72. The van der Waals surface area contributed by atoms with Gasteiger partial charge in [0.2, 0.25) is 0 Å². The molecule has 0 fully saturated rings. The van der Waals surface area contributed by atoms with Crippen molar-refractivity contribution < 1.29 is 9.53 Å². The maximum absolute atomic E-state index is 12.0. The van der Waals surface area contributed by atoms with Crippen LogP contribution in [0.3, 0.4) is 0 Å². The van der Waals surface area contributed by atoms with Gasteiger partial charge in [0.05, 0.1) is 12.3 Å². The molecular weight excluding hydrogens is 390 g/mol. The lowest BCUT2D eigenvalue weighted by Gasteiger charge is -2.07. The molecule has 0 saturated heterocycles. The SMILES string of the molecule is CN/N=C(\C)c1ccc(OCCCC(=O)CCCSSc2ccccn2)cc1. The van der Waals surface area contributed by atoms with E-state index in [1.807, 2.05) is 49.4 Å². The van der Waals surface area contributed by atoms with Crippen LogP contribution in [0.2, 0.25) is 0 Å². The second kappa shape index (κ2) is 13.2. The van der Waals surface area contributed by atoms with Crippen molar-refractivity contribution in [2.45, 2.75) is 37.6 Å². The fourth-order valence-corrected chi connectivity index (χ4v) is 4.40. The Morgan fingerprint density at radius 2 is 1.93 bits per heavy atom. The van der Waals surface area contributed by atoms with Crippen molar-refractivity contribution >= 4 is 33.1 Å². The van der Waals surface area contributed by atoms with Gasteiger partial charge < -0.3 is 10.2 Å². The Balaban J connectivity index is 1.53. The molecule has 2 rings (SSSR count). The monoisotopic (exact) mass is 417 g/mol. The molecule has 1 N–H and O–H groups in total.